The Hall–Kier alpha value is -3.86. The van der Waals surface area contributed by atoms with Crippen molar-refractivity contribution in [3.05, 3.63) is 102 Å². The lowest BCUT2D eigenvalue weighted by Crippen LogP contribution is -2.04. The van der Waals surface area contributed by atoms with Crippen molar-refractivity contribution in [3.63, 3.8) is 0 Å². The number of allylic oxidation sites excluding steroid dienone is 1. The molecule has 3 aromatic rings. The van der Waals surface area contributed by atoms with Crippen molar-refractivity contribution in [2.75, 3.05) is 0 Å². The Balaban J connectivity index is 1.74. The zero-order valence-electron chi connectivity index (χ0n) is 18.4. The number of benzene rings is 3. The van der Waals surface area contributed by atoms with Crippen LogP contribution in [0.4, 0.5) is 0 Å². The van der Waals surface area contributed by atoms with E-state index in [0.717, 1.165) is 41.9 Å². The molecule has 5 heteroatoms. The first-order valence-corrected chi connectivity index (χ1v) is 11.1. The molecular weight excluding hydrogens is 416 g/mol. The summed E-state index contributed by atoms with van der Waals surface area (Å²) in [7, 11) is 0. The summed E-state index contributed by atoms with van der Waals surface area (Å²) in [6, 6.07) is 24.4. The van der Waals surface area contributed by atoms with Gasteiger partial charge in [-0.15, -0.1) is 0 Å². The molecule has 5 nitrogen and oxygen atoms in total. The maximum atomic E-state index is 11.1. The van der Waals surface area contributed by atoms with Gasteiger partial charge in [-0.3, -0.25) is 4.79 Å². The molecule has 0 radical (unpaired) electrons. The minimum absolute atomic E-state index is 0.164. The molecule has 0 amide bonds. The highest BCUT2D eigenvalue weighted by Gasteiger charge is 2.10. The first-order valence-electron chi connectivity index (χ1n) is 11.1. The minimum Gasteiger partial charge on any atom is -0.481 e. The van der Waals surface area contributed by atoms with Crippen molar-refractivity contribution in [3.8, 4) is 11.5 Å². The Bertz CT molecular complexity index is 1070. The van der Waals surface area contributed by atoms with E-state index in [-0.39, 0.29) is 17.9 Å². The zero-order valence-corrected chi connectivity index (χ0v) is 18.4. The number of unbranched alkanes of at least 4 members (excludes halogenated alkanes) is 1. The number of ether oxygens (including phenoxy) is 1. The van der Waals surface area contributed by atoms with Crippen molar-refractivity contribution >= 4 is 18.0 Å². The molecule has 0 aromatic heterocycles. The van der Waals surface area contributed by atoms with E-state index < -0.39 is 11.9 Å². The minimum atomic E-state index is -0.943. The van der Waals surface area contributed by atoms with Crippen LogP contribution >= 0.6 is 0 Å². The van der Waals surface area contributed by atoms with E-state index in [1.54, 1.807) is 12.1 Å². The average Bonchev–Trinajstić information content (AvgIpc) is 2.82. The van der Waals surface area contributed by atoms with Gasteiger partial charge in [-0.2, -0.15) is 0 Å². The van der Waals surface area contributed by atoms with Crippen LogP contribution in [0.25, 0.3) is 6.08 Å². The van der Waals surface area contributed by atoms with Crippen molar-refractivity contribution in [1.82, 2.24) is 0 Å². The summed E-state index contributed by atoms with van der Waals surface area (Å²) in [6.45, 7) is 0. The smallest absolute Gasteiger partial charge is 0.335 e. The van der Waals surface area contributed by atoms with Gasteiger partial charge in [0.25, 0.3) is 0 Å². The molecule has 3 aromatic carbocycles. The third-order valence-electron chi connectivity index (χ3n) is 5.35. The van der Waals surface area contributed by atoms with Crippen LogP contribution in [0.3, 0.4) is 0 Å². The van der Waals surface area contributed by atoms with Gasteiger partial charge < -0.3 is 14.9 Å². The number of para-hydroxylation sites is 2. The fraction of sp³-hybridized carbons (Fsp3) is 0.214. The van der Waals surface area contributed by atoms with Gasteiger partial charge in [-0.05, 0) is 61.1 Å². The summed E-state index contributed by atoms with van der Waals surface area (Å²) < 4.78 is 6.05. The standard InChI is InChI=1S/C28H28O5/c29-27(30)13-7-4-8-21(20-22-15-18-24(19-16-22)28(31)32)14-17-23-9-5-6-12-26(23)33-25-10-2-1-3-11-25/h1-3,5-6,9-12,14-19,21H,4,7-8,13,20H2,(H,29,30)(H,31,32)/b17-14+. The van der Waals surface area contributed by atoms with Gasteiger partial charge in [-0.1, -0.05) is 67.1 Å². The van der Waals surface area contributed by atoms with Crippen molar-refractivity contribution in [2.45, 2.75) is 32.1 Å². The summed E-state index contributed by atoms with van der Waals surface area (Å²) >= 11 is 0. The lowest BCUT2D eigenvalue weighted by atomic mass is 9.92. The molecule has 33 heavy (non-hydrogen) atoms. The number of hydrogen-bond donors (Lipinski definition) is 2. The van der Waals surface area contributed by atoms with Crippen molar-refractivity contribution < 1.29 is 24.5 Å². The first kappa shape index (κ1) is 23.8. The largest absolute Gasteiger partial charge is 0.481 e. The van der Waals surface area contributed by atoms with Crippen LogP contribution in [0.2, 0.25) is 0 Å². The first-order chi connectivity index (χ1) is 16.0. The summed E-state index contributed by atoms with van der Waals surface area (Å²) in [5, 5.41) is 18.0. The van der Waals surface area contributed by atoms with E-state index >= 15 is 0 Å². The van der Waals surface area contributed by atoms with E-state index in [1.165, 1.54) is 0 Å². The monoisotopic (exact) mass is 444 g/mol. The molecule has 0 aliphatic carbocycles. The van der Waals surface area contributed by atoms with Crippen LogP contribution < -0.4 is 4.74 Å². The van der Waals surface area contributed by atoms with E-state index in [4.69, 9.17) is 14.9 Å². The Morgan fingerprint density at radius 2 is 1.55 bits per heavy atom. The van der Waals surface area contributed by atoms with Gasteiger partial charge in [-0.25, -0.2) is 4.79 Å². The number of rotatable bonds is 12. The van der Waals surface area contributed by atoms with E-state index in [9.17, 15) is 9.59 Å². The van der Waals surface area contributed by atoms with Gasteiger partial charge in [0.05, 0.1) is 5.56 Å². The SMILES string of the molecule is O=C(O)CCCCC(/C=C/c1ccccc1Oc1ccccc1)Cc1ccc(C(=O)O)cc1. The maximum Gasteiger partial charge on any atom is 0.335 e. The quantitative estimate of drug-likeness (QED) is 0.304. The molecule has 1 unspecified atom stereocenters. The number of aromatic carboxylic acids is 1. The topological polar surface area (TPSA) is 83.8 Å². The van der Waals surface area contributed by atoms with Gasteiger partial charge in [0.1, 0.15) is 11.5 Å². The number of carbonyl (C=O) groups is 2. The number of carboxylic acid groups (broad SMARTS) is 2. The van der Waals surface area contributed by atoms with E-state index in [0.29, 0.717) is 6.42 Å². The van der Waals surface area contributed by atoms with Crippen LogP contribution in [0, 0.1) is 5.92 Å². The van der Waals surface area contributed by atoms with Crippen LogP contribution in [-0.2, 0) is 11.2 Å². The highest BCUT2D eigenvalue weighted by atomic mass is 16.5. The number of aliphatic carboxylic acids is 1. The molecule has 1 atom stereocenters. The van der Waals surface area contributed by atoms with Gasteiger partial charge in [0.15, 0.2) is 0 Å². The maximum absolute atomic E-state index is 11.1. The Kier molecular flexibility index (Phi) is 8.83. The van der Waals surface area contributed by atoms with Crippen LogP contribution in [0.1, 0.15) is 47.2 Å². The fourth-order valence-electron chi connectivity index (χ4n) is 3.60. The molecule has 0 saturated heterocycles. The molecule has 0 fully saturated rings. The molecule has 0 bridgehead atoms. The molecule has 0 heterocycles. The normalized spacial score (nSPS) is 11.9. The van der Waals surface area contributed by atoms with E-state index in [1.807, 2.05) is 72.8 Å². The second-order valence-electron chi connectivity index (χ2n) is 7.92. The summed E-state index contributed by atoms with van der Waals surface area (Å²) in [4.78, 5) is 22.0. The molecule has 0 saturated carbocycles. The van der Waals surface area contributed by atoms with Gasteiger partial charge in [0.2, 0.25) is 0 Å². The second-order valence-corrected chi connectivity index (χ2v) is 7.92. The lowest BCUT2D eigenvalue weighted by molar-refractivity contribution is -0.137. The molecule has 170 valence electrons. The molecule has 0 spiro atoms. The Morgan fingerprint density at radius 1 is 0.848 bits per heavy atom. The lowest BCUT2D eigenvalue weighted by Gasteiger charge is -2.14. The third-order valence-corrected chi connectivity index (χ3v) is 5.35. The fourth-order valence-corrected chi connectivity index (χ4v) is 3.60. The highest BCUT2D eigenvalue weighted by molar-refractivity contribution is 5.87. The molecular formula is C28H28O5. The van der Waals surface area contributed by atoms with Crippen LogP contribution in [0.5, 0.6) is 11.5 Å². The highest BCUT2D eigenvalue weighted by Crippen LogP contribution is 2.27. The predicted octanol–water partition coefficient (Wildman–Crippen LogP) is 6.69. The molecule has 0 aliphatic heterocycles. The van der Waals surface area contributed by atoms with Gasteiger partial charge >= 0.3 is 11.9 Å². The predicted molar refractivity (Wildman–Crippen MR) is 129 cm³/mol. The summed E-state index contributed by atoms with van der Waals surface area (Å²) in [5.41, 5.74) is 2.26. The molecule has 0 aliphatic rings. The van der Waals surface area contributed by atoms with E-state index in [2.05, 4.69) is 6.08 Å². The third kappa shape index (κ3) is 7.96. The Labute approximate surface area is 194 Å². The van der Waals surface area contributed by atoms with Crippen molar-refractivity contribution in [2.24, 2.45) is 5.92 Å². The number of hydrogen-bond acceptors (Lipinski definition) is 3. The molecule has 2 N–H and O–H groups in total. The second kappa shape index (κ2) is 12.2. The molecule has 3 rings (SSSR count). The Morgan fingerprint density at radius 3 is 2.24 bits per heavy atom. The van der Waals surface area contributed by atoms with Crippen molar-refractivity contribution in [1.29, 1.82) is 0 Å². The number of carboxylic acids is 2. The summed E-state index contributed by atoms with van der Waals surface area (Å²) in [6.07, 6.45) is 7.36. The summed E-state index contributed by atoms with van der Waals surface area (Å²) in [5.74, 6) is -0.0169. The van der Waals surface area contributed by atoms with Gasteiger partial charge in [0, 0.05) is 12.0 Å². The van der Waals surface area contributed by atoms with Crippen LogP contribution in [-0.4, -0.2) is 22.2 Å². The van der Waals surface area contributed by atoms with Crippen LogP contribution in [0.15, 0.2) is 84.9 Å². The zero-order chi connectivity index (χ0) is 23.5. The average molecular weight is 445 g/mol.